The van der Waals surface area contributed by atoms with E-state index in [0.717, 1.165) is 5.56 Å². The summed E-state index contributed by atoms with van der Waals surface area (Å²) in [5.41, 5.74) is 1.42. The van der Waals surface area contributed by atoms with E-state index in [1.54, 1.807) is 24.3 Å². The van der Waals surface area contributed by atoms with E-state index in [4.69, 9.17) is 22.0 Å². The maximum absolute atomic E-state index is 11.7. The lowest BCUT2D eigenvalue weighted by Gasteiger charge is -2.07. The van der Waals surface area contributed by atoms with E-state index in [2.05, 4.69) is 10.6 Å². The quantitative estimate of drug-likeness (QED) is 0.551. The standard InChI is InChI=1S/C14H14ClN3O3/c1-9-2-3-11(15)6-12(9)18-8-10(7-16)14(21)17-5-4-13(19)20/h2-3,6,8,18H,4-5H2,1H3,(H,17,21)(H,19,20)/b10-8-. The van der Waals surface area contributed by atoms with Gasteiger partial charge in [0, 0.05) is 23.5 Å². The molecule has 1 aromatic rings. The second kappa shape index (κ2) is 7.92. The Labute approximate surface area is 127 Å². The summed E-state index contributed by atoms with van der Waals surface area (Å²) in [5, 5.41) is 23.1. The Hall–Kier alpha value is -2.52. The molecule has 21 heavy (non-hydrogen) atoms. The Morgan fingerprint density at radius 1 is 1.48 bits per heavy atom. The zero-order valence-corrected chi connectivity index (χ0v) is 12.1. The molecule has 0 fully saturated rings. The number of hydrogen-bond donors (Lipinski definition) is 3. The third kappa shape index (κ3) is 5.55. The molecule has 0 radical (unpaired) electrons. The summed E-state index contributed by atoms with van der Waals surface area (Å²) in [7, 11) is 0. The molecule has 1 aromatic carbocycles. The number of amides is 1. The van der Waals surface area contributed by atoms with Crippen LogP contribution in [0.15, 0.2) is 30.0 Å². The van der Waals surface area contributed by atoms with Gasteiger partial charge in [-0.2, -0.15) is 5.26 Å². The topological polar surface area (TPSA) is 102 Å². The van der Waals surface area contributed by atoms with Crippen LogP contribution >= 0.6 is 11.6 Å². The van der Waals surface area contributed by atoms with Gasteiger partial charge < -0.3 is 15.7 Å². The lowest BCUT2D eigenvalue weighted by Crippen LogP contribution is -2.27. The number of carbonyl (C=O) groups is 2. The Morgan fingerprint density at radius 3 is 2.81 bits per heavy atom. The Kier molecular flexibility index (Phi) is 6.24. The second-order valence-corrected chi connectivity index (χ2v) is 4.61. The van der Waals surface area contributed by atoms with E-state index < -0.39 is 11.9 Å². The zero-order chi connectivity index (χ0) is 15.8. The predicted molar refractivity (Wildman–Crippen MR) is 78.8 cm³/mol. The maximum Gasteiger partial charge on any atom is 0.305 e. The summed E-state index contributed by atoms with van der Waals surface area (Å²) in [6.07, 6.45) is 1.06. The first-order chi connectivity index (χ1) is 9.93. The van der Waals surface area contributed by atoms with E-state index in [-0.39, 0.29) is 18.5 Å². The molecule has 1 amide bonds. The molecule has 0 aliphatic rings. The summed E-state index contributed by atoms with van der Waals surface area (Å²) < 4.78 is 0. The monoisotopic (exact) mass is 307 g/mol. The number of carboxylic acid groups (broad SMARTS) is 1. The van der Waals surface area contributed by atoms with Crippen LogP contribution in [0.5, 0.6) is 0 Å². The highest BCUT2D eigenvalue weighted by Crippen LogP contribution is 2.20. The molecule has 0 aromatic heterocycles. The summed E-state index contributed by atoms with van der Waals surface area (Å²) in [4.78, 5) is 22.0. The minimum absolute atomic E-state index is 0.0383. The predicted octanol–water partition coefficient (Wildman–Crippen LogP) is 2.06. The lowest BCUT2D eigenvalue weighted by atomic mass is 10.2. The Balaban J connectivity index is 2.71. The van der Waals surface area contributed by atoms with Gasteiger partial charge in [0.05, 0.1) is 6.42 Å². The number of nitrogens with zero attached hydrogens (tertiary/aromatic N) is 1. The first-order valence-electron chi connectivity index (χ1n) is 6.07. The van der Waals surface area contributed by atoms with Gasteiger partial charge in [-0.25, -0.2) is 0 Å². The van der Waals surface area contributed by atoms with Crippen LogP contribution in [0, 0.1) is 18.3 Å². The van der Waals surface area contributed by atoms with Crippen LogP contribution in [0.4, 0.5) is 5.69 Å². The number of hydrogen-bond acceptors (Lipinski definition) is 4. The van der Waals surface area contributed by atoms with E-state index in [9.17, 15) is 9.59 Å². The fourth-order valence-electron chi connectivity index (χ4n) is 1.43. The van der Waals surface area contributed by atoms with Crippen molar-refractivity contribution in [2.75, 3.05) is 11.9 Å². The van der Waals surface area contributed by atoms with Crippen LogP contribution in [0.3, 0.4) is 0 Å². The molecule has 1 rings (SSSR count). The first kappa shape index (κ1) is 16.5. The molecular formula is C14H14ClN3O3. The normalized spacial score (nSPS) is 10.6. The molecule has 0 aliphatic carbocycles. The molecule has 0 bridgehead atoms. The van der Waals surface area contributed by atoms with Crippen LogP contribution in [0.25, 0.3) is 0 Å². The SMILES string of the molecule is Cc1ccc(Cl)cc1N/C=C(/C#N)C(=O)NCCC(=O)O. The number of carboxylic acids is 1. The minimum atomic E-state index is -1.02. The fourth-order valence-corrected chi connectivity index (χ4v) is 1.60. The molecule has 6 nitrogen and oxygen atoms in total. The van der Waals surface area contributed by atoms with Crippen LogP contribution < -0.4 is 10.6 Å². The maximum atomic E-state index is 11.7. The summed E-state index contributed by atoms with van der Waals surface area (Å²) >= 11 is 5.87. The van der Waals surface area contributed by atoms with Gasteiger partial charge in [-0.1, -0.05) is 17.7 Å². The highest BCUT2D eigenvalue weighted by Gasteiger charge is 2.09. The van der Waals surface area contributed by atoms with Crippen molar-refractivity contribution in [1.82, 2.24) is 5.32 Å². The highest BCUT2D eigenvalue weighted by atomic mass is 35.5. The first-order valence-corrected chi connectivity index (χ1v) is 6.44. The van der Waals surface area contributed by atoms with Crippen molar-refractivity contribution in [3.63, 3.8) is 0 Å². The van der Waals surface area contributed by atoms with Crippen LogP contribution in [0.1, 0.15) is 12.0 Å². The number of aliphatic carboxylic acids is 1. The number of benzene rings is 1. The van der Waals surface area contributed by atoms with Gasteiger partial charge in [-0.05, 0) is 24.6 Å². The molecule has 0 saturated carbocycles. The van der Waals surface area contributed by atoms with Crippen molar-refractivity contribution < 1.29 is 14.7 Å². The third-order valence-corrected chi connectivity index (χ3v) is 2.80. The van der Waals surface area contributed by atoms with E-state index >= 15 is 0 Å². The van der Waals surface area contributed by atoms with Crippen LogP contribution in [-0.4, -0.2) is 23.5 Å². The second-order valence-electron chi connectivity index (χ2n) is 4.17. The highest BCUT2D eigenvalue weighted by molar-refractivity contribution is 6.30. The van der Waals surface area contributed by atoms with Crippen molar-refractivity contribution in [1.29, 1.82) is 5.26 Å². The van der Waals surface area contributed by atoms with E-state index in [0.29, 0.717) is 10.7 Å². The molecule has 0 heterocycles. The largest absolute Gasteiger partial charge is 0.481 e. The summed E-state index contributed by atoms with van der Waals surface area (Å²) in [6, 6.07) is 6.96. The molecule has 0 aliphatic heterocycles. The molecule has 0 spiro atoms. The van der Waals surface area contributed by atoms with Gasteiger partial charge in [0.2, 0.25) is 0 Å². The molecule has 0 saturated heterocycles. The van der Waals surface area contributed by atoms with Gasteiger partial charge in [0.1, 0.15) is 11.6 Å². The number of halogens is 1. The third-order valence-electron chi connectivity index (χ3n) is 2.56. The average Bonchev–Trinajstić information content (AvgIpc) is 2.42. The molecule has 3 N–H and O–H groups in total. The number of carbonyl (C=O) groups excluding carboxylic acids is 1. The summed E-state index contributed by atoms with van der Waals surface area (Å²) in [6.45, 7) is 1.81. The molecular weight excluding hydrogens is 294 g/mol. The van der Waals surface area contributed by atoms with E-state index in [1.165, 1.54) is 6.20 Å². The van der Waals surface area contributed by atoms with Crippen LogP contribution in [0.2, 0.25) is 5.02 Å². The lowest BCUT2D eigenvalue weighted by molar-refractivity contribution is -0.136. The Morgan fingerprint density at radius 2 is 2.19 bits per heavy atom. The van der Waals surface area contributed by atoms with Gasteiger partial charge >= 0.3 is 5.97 Å². The molecule has 0 atom stereocenters. The fraction of sp³-hybridized carbons (Fsp3) is 0.214. The van der Waals surface area contributed by atoms with Crippen molar-refractivity contribution >= 4 is 29.2 Å². The van der Waals surface area contributed by atoms with Gasteiger partial charge in [0.15, 0.2) is 0 Å². The van der Waals surface area contributed by atoms with Gasteiger partial charge in [-0.3, -0.25) is 9.59 Å². The van der Waals surface area contributed by atoms with Crippen molar-refractivity contribution in [2.45, 2.75) is 13.3 Å². The number of rotatable bonds is 6. The van der Waals surface area contributed by atoms with E-state index in [1.807, 2.05) is 6.92 Å². The molecule has 110 valence electrons. The van der Waals surface area contributed by atoms with Crippen molar-refractivity contribution in [3.8, 4) is 6.07 Å². The average molecular weight is 308 g/mol. The molecule has 0 unspecified atom stereocenters. The number of nitriles is 1. The van der Waals surface area contributed by atoms with Gasteiger partial charge in [0.25, 0.3) is 5.91 Å². The van der Waals surface area contributed by atoms with Gasteiger partial charge in [-0.15, -0.1) is 0 Å². The van der Waals surface area contributed by atoms with Crippen LogP contribution in [-0.2, 0) is 9.59 Å². The molecule has 7 heteroatoms. The number of aryl methyl sites for hydroxylation is 1. The summed E-state index contributed by atoms with van der Waals surface area (Å²) in [5.74, 6) is -1.66. The zero-order valence-electron chi connectivity index (χ0n) is 11.3. The Bertz CT molecular complexity index is 620. The smallest absolute Gasteiger partial charge is 0.305 e. The number of anilines is 1. The minimum Gasteiger partial charge on any atom is -0.481 e. The number of nitrogens with one attached hydrogen (secondary N) is 2. The van der Waals surface area contributed by atoms with Crippen molar-refractivity contribution in [2.24, 2.45) is 0 Å². The van der Waals surface area contributed by atoms with Crippen molar-refractivity contribution in [3.05, 3.63) is 40.6 Å².